The minimum atomic E-state index is -0.306. The summed E-state index contributed by atoms with van der Waals surface area (Å²) in [5, 5.41) is 2.80. The number of rotatable bonds is 7. The van der Waals surface area contributed by atoms with E-state index < -0.39 is 0 Å². The van der Waals surface area contributed by atoms with Crippen LogP contribution in [-0.2, 0) is 13.0 Å². The molecule has 0 atom stereocenters. The van der Waals surface area contributed by atoms with Crippen molar-refractivity contribution in [3.05, 3.63) is 101 Å². The van der Waals surface area contributed by atoms with Gasteiger partial charge in [0.15, 0.2) is 0 Å². The van der Waals surface area contributed by atoms with Gasteiger partial charge in [-0.1, -0.05) is 42.5 Å². The number of benzene rings is 2. The Morgan fingerprint density at radius 2 is 1.66 bits per heavy atom. The topological polar surface area (TPSA) is 62.3 Å². The van der Waals surface area contributed by atoms with Crippen molar-refractivity contribution in [3.63, 3.8) is 0 Å². The van der Waals surface area contributed by atoms with E-state index >= 15 is 0 Å². The molecule has 0 radical (unpaired) electrons. The monoisotopic (exact) mass is 391 g/mol. The fraction of sp³-hybridized carbons (Fsp3) is 0.174. The summed E-state index contributed by atoms with van der Waals surface area (Å²) < 4.78 is 12.9. The number of pyridine rings is 1. The Morgan fingerprint density at radius 3 is 2.38 bits per heavy atom. The molecule has 0 spiro atoms. The second-order valence-electron chi connectivity index (χ2n) is 6.74. The van der Waals surface area contributed by atoms with Gasteiger partial charge in [0, 0.05) is 32.5 Å². The zero-order valence-corrected chi connectivity index (χ0v) is 16.1. The standard InChI is InChI=1S/C23H22FN3O2/c1-27(16-18-5-3-2-4-6-18)23(29)20-13-19(14-25-15-20)22(28)26-12-11-17-7-9-21(24)10-8-17/h2-10,13-15H,11-12,16H2,1H3,(H,26,28). The summed E-state index contributed by atoms with van der Waals surface area (Å²) in [4.78, 5) is 30.7. The van der Waals surface area contributed by atoms with E-state index in [1.807, 2.05) is 30.3 Å². The Bertz CT molecular complexity index is 975. The van der Waals surface area contributed by atoms with E-state index in [4.69, 9.17) is 0 Å². The fourth-order valence-electron chi connectivity index (χ4n) is 2.90. The van der Waals surface area contributed by atoms with Crippen molar-refractivity contribution in [2.75, 3.05) is 13.6 Å². The highest BCUT2D eigenvalue weighted by molar-refractivity contribution is 5.99. The first-order valence-electron chi connectivity index (χ1n) is 9.30. The van der Waals surface area contributed by atoms with Gasteiger partial charge in [0.1, 0.15) is 5.82 Å². The number of amides is 2. The van der Waals surface area contributed by atoms with Crippen LogP contribution < -0.4 is 5.32 Å². The fourth-order valence-corrected chi connectivity index (χ4v) is 2.90. The average molecular weight is 391 g/mol. The van der Waals surface area contributed by atoms with Crippen LogP contribution in [0.1, 0.15) is 31.8 Å². The molecular weight excluding hydrogens is 369 g/mol. The van der Waals surface area contributed by atoms with Crippen LogP contribution in [0.3, 0.4) is 0 Å². The van der Waals surface area contributed by atoms with E-state index in [0.29, 0.717) is 30.6 Å². The minimum Gasteiger partial charge on any atom is -0.352 e. The van der Waals surface area contributed by atoms with E-state index in [0.717, 1.165) is 11.1 Å². The molecule has 5 nitrogen and oxygen atoms in total. The van der Waals surface area contributed by atoms with Gasteiger partial charge in [-0.3, -0.25) is 14.6 Å². The van der Waals surface area contributed by atoms with Gasteiger partial charge < -0.3 is 10.2 Å². The van der Waals surface area contributed by atoms with Crippen LogP contribution in [0.4, 0.5) is 4.39 Å². The Labute approximate surface area is 169 Å². The quantitative estimate of drug-likeness (QED) is 0.671. The molecule has 0 fully saturated rings. The lowest BCUT2D eigenvalue weighted by atomic mass is 10.1. The van der Waals surface area contributed by atoms with Gasteiger partial charge in [-0.15, -0.1) is 0 Å². The molecule has 0 aliphatic heterocycles. The molecule has 0 aliphatic rings. The zero-order valence-electron chi connectivity index (χ0n) is 16.1. The summed E-state index contributed by atoms with van der Waals surface area (Å²) in [6.07, 6.45) is 3.47. The largest absolute Gasteiger partial charge is 0.352 e. The normalized spacial score (nSPS) is 10.4. The maximum atomic E-state index is 12.9. The van der Waals surface area contributed by atoms with Crippen molar-refractivity contribution >= 4 is 11.8 Å². The lowest BCUT2D eigenvalue weighted by Crippen LogP contribution is -2.28. The first-order chi connectivity index (χ1) is 14.0. The summed E-state index contributed by atoms with van der Waals surface area (Å²) in [6.45, 7) is 0.865. The van der Waals surface area contributed by atoms with Crippen LogP contribution in [0.5, 0.6) is 0 Å². The van der Waals surface area contributed by atoms with Gasteiger partial charge in [0.25, 0.3) is 11.8 Å². The van der Waals surface area contributed by atoms with Crippen molar-refractivity contribution in [2.45, 2.75) is 13.0 Å². The molecule has 148 valence electrons. The Hall–Kier alpha value is -3.54. The summed E-state index contributed by atoms with van der Waals surface area (Å²) in [5.74, 6) is -0.801. The number of hydrogen-bond acceptors (Lipinski definition) is 3. The third-order valence-corrected chi connectivity index (χ3v) is 4.47. The third kappa shape index (κ3) is 5.72. The number of hydrogen-bond donors (Lipinski definition) is 1. The van der Waals surface area contributed by atoms with Crippen LogP contribution in [0.25, 0.3) is 0 Å². The molecule has 0 aliphatic carbocycles. The number of nitrogens with one attached hydrogen (secondary N) is 1. The van der Waals surface area contributed by atoms with Crippen molar-refractivity contribution < 1.29 is 14.0 Å². The van der Waals surface area contributed by atoms with Crippen LogP contribution in [0, 0.1) is 5.82 Å². The molecule has 0 saturated heterocycles. The van der Waals surface area contributed by atoms with Gasteiger partial charge in [-0.2, -0.15) is 0 Å². The Kier molecular flexibility index (Phi) is 6.68. The van der Waals surface area contributed by atoms with Crippen LogP contribution in [-0.4, -0.2) is 35.3 Å². The molecule has 1 N–H and O–H groups in total. The van der Waals surface area contributed by atoms with Crippen molar-refractivity contribution in [1.82, 2.24) is 15.2 Å². The van der Waals surface area contributed by atoms with Gasteiger partial charge in [0.2, 0.25) is 0 Å². The lowest BCUT2D eigenvalue weighted by molar-refractivity contribution is 0.0784. The molecule has 2 amide bonds. The first-order valence-corrected chi connectivity index (χ1v) is 9.30. The minimum absolute atomic E-state index is 0.206. The van der Waals surface area contributed by atoms with Gasteiger partial charge >= 0.3 is 0 Å². The van der Waals surface area contributed by atoms with Crippen molar-refractivity contribution in [1.29, 1.82) is 0 Å². The summed E-state index contributed by atoms with van der Waals surface area (Å²) in [7, 11) is 1.71. The smallest absolute Gasteiger partial charge is 0.255 e. The molecule has 6 heteroatoms. The average Bonchev–Trinajstić information content (AvgIpc) is 2.75. The highest BCUT2D eigenvalue weighted by Crippen LogP contribution is 2.10. The Morgan fingerprint density at radius 1 is 0.966 bits per heavy atom. The molecule has 2 aromatic carbocycles. The van der Waals surface area contributed by atoms with E-state index in [2.05, 4.69) is 10.3 Å². The summed E-state index contributed by atoms with van der Waals surface area (Å²) >= 11 is 0. The lowest BCUT2D eigenvalue weighted by Gasteiger charge is -2.17. The van der Waals surface area contributed by atoms with E-state index in [9.17, 15) is 14.0 Å². The third-order valence-electron chi connectivity index (χ3n) is 4.47. The summed E-state index contributed by atoms with van der Waals surface area (Å²) in [5.41, 5.74) is 2.62. The number of nitrogens with zero attached hydrogens (tertiary/aromatic N) is 2. The maximum absolute atomic E-state index is 12.9. The number of halogens is 1. The summed E-state index contributed by atoms with van der Waals surface area (Å²) in [6, 6.07) is 17.4. The van der Waals surface area contributed by atoms with Gasteiger partial charge in [-0.25, -0.2) is 4.39 Å². The van der Waals surface area contributed by atoms with E-state index in [1.165, 1.54) is 24.5 Å². The first kappa shape index (κ1) is 20.2. The van der Waals surface area contributed by atoms with Gasteiger partial charge in [0.05, 0.1) is 11.1 Å². The molecule has 1 aromatic heterocycles. The van der Waals surface area contributed by atoms with Crippen LogP contribution >= 0.6 is 0 Å². The van der Waals surface area contributed by atoms with Gasteiger partial charge in [-0.05, 0) is 35.7 Å². The molecule has 0 saturated carbocycles. The van der Waals surface area contributed by atoms with E-state index in [-0.39, 0.29) is 17.6 Å². The zero-order chi connectivity index (χ0) is 20.6. The molecule has 29 heavy (non-hydrogen) atoms. The molecule has 0 unspecified atom stereocenters. The van der Waals surface area contributed by atoms with Crippen molar-refractivity contribution in [2.24, 2.45) is 0 Å². The predicted octanol–water partition coefficient (Wildman–Crippen LogP) is 3.47. The molecule has 3 rings (SSSR count). The number of carbonyl (C=O) groups excluding carboxylic acids is 2. The molecule has 1 heterocycles. The van der Waals surface area contributed by atoms with Crippen LogP contribution in [0.15, 0.2) is 73.1 Å². The number of aromatic nitrogens is 1. The second kappa shape index (κ2) is 9.59. The highest BCUT2D eigenvalue weighted by atomic mass is 19.1. The highest BCUT2D eigenvalue weighted by Gasteiger charge is 2.15. The second-order valence-corrected chi connectivity index (χ2v) is 6.74. The maximum Gasteiger partial charge on any atom is 0.255 e. The number of carbonyl (C=O) groups is 2. The predicted molar refractivity (Wildman–Crippen MR) is 109 cm³/mol. The van der Waals surface area contributed by atoms with Crippen LogP contribution in [0.2, 0.25) is 0 Å². The SMILES string of the molecule is CN(Cc1ccccc1)C(=O)c1cncc(C(=O)NCCc2ccc(F)cc2)c1. The van der Waals surface area contributed by atoms with E-state index in [1.54, 1.807) is 30.1 Å². The molecule has 0 bridgehead atoms. The van der Waals surface area contributed by atoms with Crippen molar-refractivity contribution in [3.8, 4) is 0 Å². The molecular formula is C23H22FN3O2. The molecule has 3 aromatic rings. The Balaban J connectivity index is 1.58.